The minimum absolute atomic E-state index is 0.199. The van der Waals surface area contributed by atoms with Gasteiger partial charge in [0.15, 0.2) is 0 Å². The van der Waals surface area contributed by atoms with Crippen molar-refractivity contribution in [2.45, 2.75) is 30.7 Å². The first-order valence-electron chi connectivity index (χ1n) is 5.23. The van der Waals surface area contributed by atoms with Crippen LogP contribution in [-0.4, -0.2) is 11.9 Å². The van der Waals surface area contributed by atoms with Crippen LogP contribution in [0.25, 0.3) is 0 Å². The highest BCUT2D eigenvalue weighted by Gasteiger charge is 2.57. The van der Waals surface area contributed by atoms with Crippen LogP contribution in [0.2, 0.25) is 0 Å². The summed E-state index contributed by atoms with van der Waals surface area (Å²) in [6, 6.07) is 6.73. The van der Waals surface area contributed by atoms with E-state index in [-0.39, 0.29) is 6.42 Å². The topological polar surface area (TPSA) is 0 Å². The fourth-order valence-corrected chi connectivity index (χ4v) is 3.47. The van der Waals surface area contributed by atoms with E-state index >= 15 is 0 Å². The van der Waals surface area contributed by atoms with Crippen LogP contribution in [0.5, 0.6) is 0 Å². The average molecular weight is 246 g/mol. The van der Waals surface area contributed by atoms with Gasteiger partial charge in [-0.05, 0) is 31.1 Å². The Morgan fingerprint density at radius 1 is 1.19 bits per heavy atom. The Morgan fingerprint density at radius 3 is 2.25 bits per heavy atom. The van der Waals surface area contributed by atoms with Gasteiger partial charge in [-0.1, -0.05) is 29.8 Å². The molecule has 0 aliphatic carbocycles. The van der Waals surface area contributed by atoms with Crippen LogP contribution in [0.15, 0.2) is 24.3 Å². The van der Waals surface area contributed by atoms with Crippen molar-refractivity contribution in [1.82, 2.24) is 0 Å². The van der Waals surface area contributed by atoms with Crippen LogP contribution >= 0.6 is 11.8 Å². The molecule has 0 aromatic heterocycles. The molecule has 1 aromatic carbocycles. The van der Waals surface area contributed by atoms with E-state index in [0.717, 1.165) is 17.3 Å². The van der Waals surface area contributed by atoms with E-state index in [2.05, 4.69) is 0 Å². The second-order valence-corrected chi connectivity index (χ2v) is 5.54. The van der Waals surface area contributed by atoms with Crippen molar-refractivity contribution in [3.63, 3.8) is 0 Å². The smallest absolute Gasteiger partial charge is 0.169 e. The van der Waals surface area contributed by atoms with Crippen molar-refractivity contribution in [2.24, 2.45) is 0 Å². The zero-order valence-corrected chi connectivity index (χ0v) is 9.79. The molecule has 4 heteroatoms. The molecule has 0 N–H and O–H groups in total. The lowest BCUT2D eigenvalue weighted by Crippen LogP contribution is -2.37. The van der Waals surface area contributed by atoms with Gasteiger partial charge in [0.05, 0.1) is 0 Å². The van der Waals surface area contributed by atoms with Gasteiger partial charge < -0.3 is 0 Å². The van der Waals surface area contributed by atoms with Crippen molar-refractivity contribution >= 4 is 11.8 Å². The highest BCUT2D eigenvalue weighted by molar-refractivity contribution is 8.00. The summed E-state index contributed by atoms with van der Waals surface area (Å²) >= 11 is 1.03. The van der Waals surface area contributed by atoms with E-state index in [0.29, 0.717) is 17.7 Å². The van der Waals surface area contributed by atoms with E-state index < -0.39 is 10.9 Å². The molecular weight excluding hydrogens is 233 g/mol. The second-order valence-electron chi connectivity index (χ2n) is 4.14. The lowest BCUT2D eigenvalue weighted by Gasteiger charge is -2.31. The van der Waals surface area contributed by atoms with Gasteiger partial charge in [0.2, 0.25) is 0 Å². The normalized spacial score (nSPS) is 26.0. The third-order valence-electron chi connectivity index (χ3n) is 3.00. The van der Waals surface area contributed by atoms with Crippen molar-refractivity contribution < 1.29 is 13.2 Å². The Bertz CT molecular complexity index is 361. The summed E-state index contributed by atoms with van der Waals surface area (Å²) < 4.78 is 37.9. The van der Waals surface area contributed by atoms with Crippen molar-refractivity contribution in [3.05, 3.63) is 35.4 Å². The molecule has 0 amide bonds. The highest BCUT2D eigenvalue weighted by Crippen LogP contribution is 2.56. The Kier molecular flexibility index (Phi) is 2.95. The van der Waals surface area contributed by atoms with Gasteiger partial charge in [-0.3, -0.25) is 0 Å². The molecule has 1 saturated heterocycles. The van der Waals surface area contributed by atoms with Crippen LogP contribution in [0, 0.1) is 6.92 Å². The molecule has 2 rings (SSSR count). The standard InChI is InChI=1S/C12H13F3S/c1-9-3-5-10(6-4-9)11(12(13,14)15)7-2-8-16-11/h3-6H,2,7-8H2,1H3. The molecule has 0 radical (unpaired) electrons. The van der Waals surface area contributed by atoms with E-state index in [1.54, 1.807) is 24.3 Å². The number of alkyl halides is 3. The maximum atomic E-state index is 13.2. The summed E-state index contributed by atoms with van der Waals surface area (Å²) in [5.74, 6) is 0.591. The Labute approximate surface area is 97.2 Å². The van der Waals surface area contributed by atoms with E-state index in [4.69, 9.17) is 0 Å². The molecule has 1 aliphatic rings. The Balaban J connectivity index is 2.44. The number of rotatable bonds is 1. The molecule has 1 aliphatic heterocycles. The minimum atomic E-state index is -4.16. The quantitative estimate of drug-likeness (QED) is 0.712. The van der Waals surface area contributed by atoms with E-state index in [1.165, 1.54) is 0 Å². The molecule has 1 fully saturated rings. The summed E-state index contributed by atoms with van der Waals surface area (Å²) in [5.41, 5.74) is 1.39. The predicted octanol–water partition coefficient (Wildman–Crippen LogP) is 4.28. The van der Waals surface area contributed by atoms with Crippen LogP contribution in [0.4, 0.5) is 13.2 Å². The number of benzene rings is 1. The highest BCUT2D eigenvalue weighted by atomic mass is 32.2. The first-order valence-corrected chi connectivity index (χ1v) is 6.22. The number of hydrogen-bond donors (Lipinski definition) is 0. The van der Waals surface area contributed by atoms with Crippen LogP contribution in [-0.2, 0) is 4.75 Å². The van der Waals surface area contributed by atoms with E-state index in [1.807, 2.05) is 6.92 Å². The average Bonchev–Trinajstić information content (AvgIpc) is 2.68. The van der Waals surface area contributed by atoms with Gasteiger partial charge in [0.25, 0.3) is 0 Å². The summed E-state index contributed by atoms with van der Waals surface area (Å²) in [7, 11) is 0. The third kappa shape index (κ3) is 1.83. The Morgan fingerprint density at radius 2 is 1.81 bits per heavy atom. The molecule has 1 heterocycles. The zero-order chi connectivity index (χ0) is 11.8. The molecule has 1 aromatic rings. The molecule has 1 unspecified atom stereocenters. The van der Waals surface area contributed by atoms with Crippen molar-refractivity contribution in [1.29, 1.82) is 0 Å². The molecule has 0 saturated carbocycles. The SMILES string of the molecule is Cc1ccc(C2(C(F)(F)F)CCCS2)cc1. The fraction of sp³-hybridized carbons (Fsp3) is 0.500. The van der Waals surface area contributed by atoms with Gasteiger partial charge in [-0.15, -0.1) is 11.8 Å². The maximum Gasteiger partial charge on any atom is 0.407 e. The fourth-order valence-electron chi connectivity index (χ4n) is 2.08. The molecule has 0 nitrogen and oxygen atoms in total. The van der Waals surface area contributed by atoms with Gasteiger partial charge in [0, 0.05) is 0 Å². The number of thioether (sulfide) groups is 1. The first kappa shape index (κ1) is 11.8. The monoisotopic (exact) mass is 246 g/mol. The summed E-state index contributed by atoms with van der Waals surface area (Å²) in [6.07, 6.45) is -3.33. The third-order valence-corrected chi connectivity index (χ3v) is 4.65. The molecule has 0 bridgehead atoms. The number of hydrogen-bond acceptors (Lipinski definition) is 1. The van der Waals surface area contributed by atoms with Gasteiger partial charge in [-0.25, -0.2) is 0 Å². The van der Waals surface area contributed by atoms with Crippen molar-refractivity contribution in [2.75, 3.05) is 5.75 Å². The first-order chi connectivity index (χ1) is 7.46. The zero-order valence-electron chi connectivity index (χ0n) is 8.97. The predicted molar refractivity (Wildman–Crippen MR) is 60.6 cm³/mol. The summed E-state index contributed by atoms with van der Waals surface area (Å²) in [6.45, 7) is 1.88. The minimum Gasteiger partial charge on any atom is -0.169 e. The number of aryl methyl sites for hydroxylation is 1. The summed E-state index contributed by atoms with van der Waals surface area (Å²) in [4.78, 5) is 0. The molecule has 88 valence electrons. The maximum absolute atomic E-state index is 13.2. The van der Waals surface area contributed by atoms with Crippen LogP contribution in [0.3, 0.4) is 0 Å². The molecular formula is C12H13F3S. The van der Waals surface area contributed by atoms with Gasteiger partial charge in [0.1, 0.15) is 4.75 Å². The lowest BCUT2D eigenvalue weighted by atomic mass is 9.92. The number of halogens is 3. The van der Waals surface area contributed by atoms with E-state index in [9.17, 15) is 13.2 Å². The van der Waals surface area contributed by atoms with Gasteiger partial charge >= 0.3 is 6.18 Å². The lowest BCUT2D eigenvalue weighted by molar-refractivity contribution is -0.162. The Hall–Kier alpha value is -0.640. The largest absolute Gasteiger partial charge is 0.407 e. The second kappa shape index (κ2) is 3.99. The summed E-state index contributed by atoms with van der Waals surface area (Å²) in [5, 5.41) is 0. The molecule has 16 heavy (non-hydrogen) atoms. The molecule has 0 spiro atoms. The van der Waals surface area contributed by atoms with Crippen molar-refractivity contribution in [3.8, 4) is 0 Å². The van der Waals surface area contributed by atoms with Crippen LogP contribution in [0.1, 0.15) is 24.0 Å². The van der Waals surface area contributed by atoms with Gasteiger partial charge in [-0.2, -0.15) is 13.2 Å². The molecule has 1 atom stereocenters. The van der Waals surface area contributed by atoms with Crippen LogP contribution < -0.4 is 0 Å².